The summed E-state index contributed by atoms with van der Waals surface area (Å²) >= 11 is 6.15. The molecule has 2 aromatic carbocycles. The van der Waals surface area contributed by atoms with Gasteiger partial charge in [0.15, 0.2) is 0 Å². The number of aromatic nitrogens is 1. The third kappa shape index (κ3) is 4.52. The number of benzene rings is 2. The average Bonchev–Trinajstić information content (AvgIpc) is 2.74. The average molecular weight is 440 g/mol. The maximum absolute atomic E-state index is 12.2. The molecule has 2 heterocycles. The van der Waals surface area contributed by atoms with Gasteiger partial charge in [0.2, 0.25) is 0 Å². The molecule has 0 unspecified atom stereocenters. The highest BCUT2D eigenvalue weighted by Crippen LogP contribution is 2.38. The third-order valence-electron chi connectivity index (χ3n) is 5.45. The highest BCUT2D eigenvalue weighted by atomic mass is 35.5. The number of primary amides is 1. The summed E-state index contributed by atoms with van der Waals surface area (Å²) in [6.45, 7) is 6.24. The van der Waals surface area contributed by atoms with Crippen molar-refractivity contribution in [1.29, 1.82) is 0 Å². The summed E-state index contributed by atoms with van der Waals surface area (Å²) in [6.07, 6.45) is 1.50. The van der Waals surface area contributed by atoms with Crippen LogP contribution in [-0.2, 0) is 0 Å². The molecule has 7 nitrogen and oxygen atoms in total. The fourth-order valence-corrected chi connectivity index (χ4v) is 4.00. The number of ether oxygens (including phenoxy) is 1. The van der Waals surface area contributed by atoms with Crippen LogP contribution in [0.2, 0.25) is 5.02 Å². The third-order valence-corrected chi connectivity index (χ3v) is 5.69. The number of likely N-dealkylation sites (N-methyl/N-ethyl adjacent to an activating group) is 1. The van der Waals surface area contributed by atoms with Crippen molar-refractivity contribution in [2.45, 2.75) is 6.92 Å². The molecule has 31 heavy (non-hydrogen) atoms. The summed E-state index contributed by atoms with van der Waals surface area (Å²) in [5.74, 6) is 0.238. The minimum absolute atomic E-state index is 0.320. The van der Waals surface area contributed by atoms with Gasteiger partial charge in [-0.25, -0.2) is 0 Å². The Balaban J connectivity index is 1.88. The van der Waals surface area contributed by atoms with Gasteiger partial charge in [-0.2, -0.15) is 0 Å². The summed E-state index contributed by atoms with van der Waals surface area (Å²) < 4.78 is 5.95. The molecule has 0 spiro atoms. The number of amides is 1. The Kier molecular flexibility index (Phi) is 6.15. The number of nitrogens with two attached hydrogens (primary N) is 1. The SMILES string of the molecule is CCOc1cc2ncc(C(N)=O)c(Nc3cccc(Cl)c3)c2cc1N1CCN(C)CC1. The van der Waals surface area contributed by atoms with Crippen molar-refractivity contribution in [2.24, 2.45) is 5.73 Å². The standard InChI is InChI=1S/C23H26ClN5O2/c1-3-31-21-13-19-17(12-20(21)29-9-7-28(2)8-10-29)22(18(14-26-19)23(25)30)27-16-6-4-5-15(24)11-16/h4-6,11-14H,3,7-10H2,1-2H3,(H2,25,30)(H,26,27). The molecule has 162 valence electrons. The molecule has 0 atom stereocenters. The van der Waals surface area contributed by atoms with Gasteiger partial charge in [0.25, 0.3) is 5.91 Å². The molecule has 0 saturated carbocycles. The number of carbonyl (C=O) groups excluding carboxylic acids is 1. The number of rotatable bonds is 6. The molecule has 8 heteroatoms. The number of fused-ring (bicyclic) bond motifs is 1. The monoisotopic (exact) mass is 439 g/mol. The molecule has 1 aliphatic rings. The molecule has 3 aromatic rings. The number of anilines is 3. The zero-order valence-electron chi connectivity index (χ0n) is 17.7. The lowest BCUT2D eigenvalue weighted by Gasteiger charge is -2.35. The Morgan fingerprint density at radius 1 is 1.23 bits per heavy atom. The number of hydrogen-bond acceptors (Lipinski definition) is 6. The summed E-state index contributed by atoms with van der Waals surface area (Å²) in [5.41, 5.74) is 9.07. The van der Waals surface area contributed by atoms with Crippen molar-refractivity contribution in [1.82, 2.24) is 9.88 Å². The zero-order valence-corrected chi connectivity index (χ0v) is 18.4. The molecular weight excluding hydrogens is 414 g/mol. The van der Waals surface area contributed by atoms with E-state index in [0.717, 1.165) is 54.2 Å². The van der Waals surface area contributed by atoms with Crippen LogP contribution in [0.3, 0.4) is 0 Å². The number of carbonyl (C=O) groups is 1. The number of pyridine rings is 1. The predicted octanol–water partition coefficient (Wildman–Crippen LogP) is 3.88. The number of piperazine rings is 1. The van der Waals surface area contributed by atoms with Crippen LogP contribution in [0.5, 0.6) is 5.75 Å². The molecule has 1 aromatic heterocycles. The second kappa shape index (κ2) is 8.99. The fourth-order valence-electron chi connectivity index (χ4n) is 3.81. The minimum Gasteiger partial charge on any atom is -0.492 e. The Labute approximate surface area is 186 Å². The van der Waals surface area contributed by atoms with Gasteiger partial charge >= 0.3 is 0 Å². The van der Waals surface area contributed by atoms with Gasteiger partial charge in [-0.1, -0.05) is 17.7 Å². The van der Waals surface area contributed by atoms with E-state index >= 15 is 0 Å². The first kappa shape index (κ1) is 21.2. The summed E-state index contributed by atoms with van der Waals surface area (Å²) in [4.78, 5) is 21.3. The molecule has 1 aliphatic heterocycles. The van der Waals surface area contributed by atoms with Crippen LogP contribution >= 0.6 is 11.6 Å². The summed E-state index contributed by atoms with van der Waals surface area (Å²) in [5, 5.41) is 4.73. The lowest BCUT2D eigenvalue weighted by atomic mass is 10.1. The zero-order chi connectivity index (χ0) is 22.0. The van der Waals surface area contributed by atoms with Crippen molar-refractivity contribution < 1.29 is 9.53 Å². The van der Waals surface area contributed by atoms with E-state index in [1.807, 2.05) is 31.2 Å². The van der Waals surface area contributed by atoms with Gasteiger partial charge in [0.1, 0.15) is 5.75 Å². The second-order valence-corrected chi connectivity index (χ2v) is 8.04. The molecule has 1 fully saturated rings. The maximum Gasteiger partial charge on any atom is 0.252 e. The molecule has 0 bridgehead atoms. The van der Waals surface area contributed by atoms with Crippen LogP contribution in [0.25, 0.3) is 10.9 Å². The van der Waals surface area contributed by atoms with E-state index in [0.29, 0.717) is 22.9 Å². The molecular formula is C23H26ClN5O2. The van der Waals surface area contributed by atoms with E-state index in [9.17, 15) is 4.79 Å². The lowest BCUT2D eigenvalue weighted by Crippen LogP contribution is -2.44. The highest BCUT2D eigenvalue weighted by molar-refractivity contribution is 6.30. The molecule has 1 amide bonds. The second-order valence-electron chi connectivity index (χ2n) is 7.61. The van der Waals surface area contributed by atoms with Gasteiger partial charge in [0.05, 0.1) is 29.1 Å². The Morgan fingerprint density at radius 3 is 2.68 bits per heavy atom. The van der Waals surface area contributed by atoms with E-state index in [1.54, 1.807) is 12.1 Å². The summed E-state index contributed by atoms with van der Waals surface area (Å²) in [7, 11) is 2.12. The van der Waals surface area contributed by atoms with Crippen LogP contribution in [0.15, 0.2) is 42.6 Å². The largest absolute Gasteiger partial charge is 0.492 e. The van der Waals surface area contributed by atoms with E-state index < -0.39 is 5.91 Å². The number of halogens is 1. The van der Waals surface area contributed by atoms with Gasteiger partial charge in [-0.3, -0.25) is 9.78 Å². The lowest BCUT2D eigenvalue weighted by molar-refractivity contribution is 0.100. The van der Waals surface area contributed by atoms with Crippen LogP contribution in [0.1, 0.15) is 17.3 Å². The van der Waals surface area contributed by atoms with Crippen molar-refractivity contribution >= 4 is 45.5 Å². The normalized spacial score (nSPS) is 14.6. The van der Waals surface area contributed by atoms with Gasteiger partial charge in [0, 0.05) is 54.5 Å². The van der Waals surface area contributed by atoms with E-state index in [2.05, 4.69) is 27.1 Å². The molecule has 1 saturated heterocycles. The minimum atomic E-state index is -0.547. The van der Waals surface area contributed by atoms with Crippen molar-refractivity contribution in [3.8, 4) is 5.75 Å². The summed E-state index contributed by atoms with van der Waals surface area (Å²) in [6, 6.07) is 11.3. The van der Waals surface area contributed by atoms with Gasteiger partial charge < -0.3 is 25.6 Å². The smallest absolute Gasteiger partial charge is 0.252 e. The quantitative estimate of drug-likeness (QED) is 0.606. The van der Waals surface area contributed by atoms with Crippen molar-refractivity contribution in [3.63, 3.8) is 0 Å². The number of nitrogens with zero attached hydrogens (tertiary/aromatic N) is 3. The molecule has 3 N–H and O–H groups in total. The van der Waals surface area contributed by atoms with E-state index in [1.165, 1.54) is 6.20 Å². The first-order valence-electron chi connectivity index (χ1n) is 10.3. The van der Waals surface area contributed by atoms with Gasteiger partial charge in [-0.05, 0) is 38.2 Å². The topological polar surface area (TPSA) is 83.7 Å². The van der Waals surface area contributed by atoms with E-state index in [4.69, 9.17) is 22.1 Å². The highest BCUT2D eigenvalue weighted by Gasteiger charge is 2.21. The Hall–Kier alpha value is -3.03. The Morgan fingerprint density at radius 2 is 2.00 bits per heavy atom. The van der Waals surface area contributed by atoms with E-state index in [-0.39, 0.29) is 0 Å². The maximum atomic E-state index is 12.2. The Bertz CT molecular complexity index is 1110. The first-order chi connectivity index (χ1) is 15.0. The van der Waals surface area contributed by atoms with Crippen molar-refractivity contribution in [2.75, 3.05) is 50.1 Å². The van der Waals surface area contributed by atoms with Crippen LogP contribution in [-0.4, -0.2) is 55.6 Å². The molecule has 0 aliphatic carbocycles. The first-order valence-corrected chi connectivity index (χ1v) is 10.7. The molecule has 4 rings (SSSR count). The van der Waals surface area contributed by atoms with Crippen LogP contribution in [0.4, 0.5) is 17.1 Å². The number of nitrogens with one attached hydrogen (secondary N) is 1. The number of hydrogen-bond donors (Lipinski definition) is 2. The fraction of sp³-hybridized carbons (Fsp3) is 0.304. The van der Waals surface area contributed by atoms with Gasteiger partial charge in [-0.15, -0.1) is 0 Å². The van der Waals surface area contributed by atoms with Crippen LogP contribution in [0, 0.1) is 0 Å². The van der Waals surface area contributed by atoms with Crippen molar-refractivity contribution in [3.05, 3.63) is 53.2 Å². The van der Waals surface area contributed by atoms with Crippen LogP contribution < -0.4 is 20.7 Å². The predicted molar refractivity (Wildman–Crippen MR) is 126 cm³/mol. The molecule has 0 radical (unpaired) electrons.